The van der Waals surface area contributed by atoms with E-state index in [-0.39, 0.29) is 29.1 Å². The number of sulfonamides is 1. The molecule has 3 aromatic carbocycles. The molecule has 3 rings (SSSR count). The fraction of sp³-hybridized carbons (Fsp3) is 0.167. The summed E-state index contributed by atoms with van der Waals surface area (Å²) in [7, 11) is -3.90. The van der Waals surface area contributed by atoms with Gasteiger partial charge in [-0.3, -0.25) is 0 Å². The fourth-order valence-electron chi connectivity index (χ4n) is 3.26. The third-order valence-corrected chi connectivity index (χ3v) is 6.87. The van der Waals surface area contributed by atoms with Crippen LogP contribution in [0.15, 0.2) is 83.8 Å². The minimum absolute atomic E-state index is 0.00355. The first kappa shape index (κ1) is 23.2. The van der Waals surface area contributed by atoms with Gasteiger partial charge < -0.3 is 10.2 Å². The second-order valence-electron chi connectivity index (χ2n) is 7.26. The van der Waals surface area contributed by atoms with Gasteiger partial charge in [-0.1, -0.05) is 42.5 Å². The maximum atomic E-state index is 13.3. The number of benzene rings is 3. The van der Waals surface area contributed by atoms with E-state index in [4.69, 9.17) is 10.2 Å². The van der Waals surface area contributed by atoms with E-state index in [0.717, 1.165) is 5.56 Å². The lowest BCUT2D eigenvalue weighted by molar-refractivity contribution is 0.0686. The van der Waals surface area contributed by atoms with Crippen molar-refractivity contribution < 1.29 is 28.2 Å². The largest absolute Gasteiger partial charge is 0.478 e. The Hall–Kier alpha value is -3.49. The lowest BCUT2D eigenvalue weighted by Gasteiger charge is -2.22. The number of hydrogen-bond donors (Lipinski definition) is 2. The van der Waals surface area contributed by atoms with Gasteiger partial charge in [0, 0.05) is 13.1 Å². The van der Waals surface area contributed by atoms with Crippen molar-refractivity contribution in [2.45, 2.75) is 24.3 Å². The van der Waals surface area contributed by atoms with Crippen LogP contribution in [0.25, 0.3) is 0 Å². The molecule has 0 unspecified atom stereocenters. The molecule has 0 fully saturated rings. The summed E-state index contributed by atoms with van der Waals surface area (Å²) in [5.41, 5.74) is 1.88. The molecule has 3 aromatic rings. The number of nitrogens with zero attached hydrogens (tertiary/aromatic N) is 1. The molecule has 0 aliphatic heterocycles. The van der Waals surface area contributed by atoms with Gasteiger partial charge in [0.25, 0.3) is 0 Å². The van der Waals surface area contributed by atoms with Crippen molar-refractivity contribution in [3.05, 3.63) is 101 Å². The highest BCUT2D eigenvalue weighted by Gasteiger charge is 2.25. The van der Waals surface area contributed by atoms with Crippen molar-refractivity contribution in [1.29, 1.82) is 0 Å². The van der Waals surface area contributed by atoms with Gasteiger partial charge in [0.05, 0.1) is 16.0 Å². The summed E-state index contributed by atoms with van der Waals surface area (Å²) in [4.78, 5) is 22.2. The van der Waals surface area contributed by atoms with Crippen LogP contribution in [0.5, 0.6) is 0 Å². The SMILES string of the molecule is O=C(O)c1ccc(CN(CCCc2ccccc2)S(=O)(=O)c2ccc(C(=O)O)cc2)cc1. The third-order valence-electron chi connectivity index (χ3n) is 5.01. The van der Waals surface area contributed by atoms with Gasteiger partial charge in [-0.05, 0) is 60.4 Å². The van der Waals surface area contributed by atoms with Crippen molar-refractivity contribution in [3.8, 4) is 0 Å². The summed E-state index contributed by atoms with van der Waals surface area (Å²) in [5, 5.41) is 18.1. The van der Waals surface area contributed by atoms with Crippen LogP contribution in [0.2, 0.25) is 0 Å². The highest BCUT2D eigenvalue weighted by Crippen LogP contribution is 2.21. The Balaban J connectivity index is 1.83. The Bertz CT molecular complexity index is 1170. The van der Waals surface area contributed by atoms with E-state index in [2.05, 4.69) is 0 Å². The number of carboxylic acids is 2. The normalized spacial score (nSPS) is 11.4. The van der Waals surface area contributed by atoms with Crippen LogP contribution in [-0.4, -0.2) is 41.4 Å². The van der Waals surface area contributed by atoms with Gasteiger partial charge >= 0.3 is 11.9 Å². The molecule has 8 heteroatoms. The molecule has 0 amide bonds. The van der Waals surface area contributed by atoms with Crippen molar-refractivity contribution in [2.75, 3.05) is 6.54 Å². The van der Waals surface area contributed by atoms with Crippen LogP contribution < -0.4 is 0 Å². The van der Waals surface area contributed by atoms with Gasteiger partial charge in [0.1, 0.15) is 0 Å². The molecule has 0 saturated carbocycles. The van der Waals surface area contributed by atoms with Crippen molar-refractivity contribution in [1.82, 2.24) is 4.31 Å². The predicted octanol–water partition coefficient (Wildman–Crippen LogP) is 3.91. The highest BCUT2D eigenvalue weighted by molar-refractivity contribution is 7.89. The van der Waals surface area contributed by atoms with E-state index < -0.39 is 22.0 Å². The second-order valence-corrected chi connectivity index (χ2v) is 9.20. The summed E-state index contributed by atoms with van der Waals surface area (Å²) in [6, 6.07) is 20.9. The Labute approximate surface area is 186 Å². The summed E-state index contributed by atoms with van der Waals surface area (Å²) in [6.07, 6.45) is 1.28. The molecule has 0 bridgehead atoms. The molecule has 166 valence electrons. The Morgan fingerprint density at radius 2 is 1.25 bits per heavy atom. The number of hydrogen-bond acceptors (Lipinski definition) is 4. The van der Waals surface area contributed by atoms with Gasteiger partial charge in [-0.25, -0.2) is 18.0 Å². The van der Waals surface area contributed by atoms with Crippen molar-refractivity contribution in [3.63, 3.8) is 0 Å². The summed E-state index contributed by atoms with van der Waals surface area (Å²) < 4.78 is 28.0. The number of aromatic carboxylic acids is 2. The zero-order chi connectivity index (χ0) is 23.1. The van der Waals surface area contributed by atoms with Crippen molar-refractivity contribution in [2.24, 2.45) is 0 Å². The Kier molecular flexibility index (Phi) is 7.40. The van der Waals surface area contributed by atoms with E-state index in [0.29, 0.717) is 18.4 Å². The molecule has 0 aliphatic carbocycles. The fourth-order valence-corrected chi connectivity index (χ4v) is 4.73. The molecule has 0 heterocycles. The van der Waals surface area contributed by atoms with E-state index in [1.54, 1.807) is 12.1 Å². The summed E-state index contributed by atoms with van der Waals surface area (Å²) >= 11 is 0. The zero-order valence-corrected chi connectivity index (χ0v) is 18.0. The third kappa shape index (κ3) is 5.81. The second kappa shape index (κ2) is 10.2. The average molecular weight is 454 g/mol. The summed E-state index contributed by atoms with van der Waals surface area (Å²) in [5.74, 6) is -2.19. The number of aryl methyl sites for hydroxylation is 1. The van der Waals surface area contributed by atoms with E-state index in [1.165, 1.54) is 40.7 Å². The van der Waals surface area contributed by atoms with Crippen LogP contribution in [0.1, 0.15) is 38.3 Å². The number of rotatable bonds is 10. The molecular formula is C24H23NO6S. The number of carboxylic acid groups (broad SMARTS) is 2. The van der Waals surface area contributed by atoms with E-state index >= 15 is 0 Å². The zero-order valence-electron chi connectivity index (χ0n) is 17.2. The molecule has 0 saturated heterocycles. The minimum atomic E-state index is -3.90. The molecule has 7 nitrogen and oxygen atoms in total. The van der Waals surface area contributed by atoms with Gasteiger partial charge in [0.2, 0.25) is 10.0 Å². The molecule has 0 aromatic heterocycles. The first-order valence-electron chi connectivity index (χ1n) is 9.97. The number of carbonyl (C=O) groups is 2. The van der Waals surface area contributed by atoms with Gasteiger partial charge in [-0.2, -0.15) is 4.31 Å². The predicted molar refractivity (Wildman–Crippen MR) is 119 cm³/mol. The molecule has 32 heavy (non-hydrogen) atoms. The lowest BCUT2D eigenvalue weighted by Crippen LogP contribution is -2.32. The maximum absolute atomic E-state index is 13.3. The highest BCUT2D eigenvalue weighted by atomic mass is 32.2. The molecule has 0 atom stereocenters. The molecular weight excluding hydrogens is 430 g/mol. The van der Waals surface area contributed by atoms with Crippen LogP contribution >= 0.6 is 0 Å². The van der Waals surface area contributed by atoms with Gasteiger partial charge in [-0.15, -0.1) is 0 Å². The lowest BCUT2D eigenvalue weighted by atomic mass is 10.1. The van der Waals surface area contributed by atoms with E-state index in [9.17, 15) is 18.0 Å². The molecule has 2 N–H and O–H groups in total. The minimum Gasteiger partial charge on any atom is -0.478 e. The molecule has 0 spiro atoms. The van der Waals surface area contributed by atoms with Crippen LogP contribution in [0, 0.1) is 0 Å². The Morgan fingerprint density at radius 1 is 0.719 bits per heavy atom. The van der Waals surface area contributed by atoms with Crippen LogP contribution in [0.4, 0.5) is 0 Å². The topological polar surface area (TPSA) is 112 Å². The van der Waals surface area contributed by atoms with Crippen LogP contribution in [-0.2, 0) is 23.0 Å². The smallest absolute Gasteiger partial charge is 0.335 e. The van der Waals surface area contributed by atoms with Gasteiger partial charge in [0.15, 0.2) is 0 Å². The molecule has 0 aliphatic rings. The molecule has 0 radical (unpaired) electrons. The first-order valence-corrected chi connectivity index (χ1v) is 11.4. The first-order chi connectivity index (χ1) is 15.3. The quantitative estimate of drug-likeness (QED) is 0.481. The maximum Gasteiger partial charge on any atom is 0.335 e. The van der Waals surface area contributed by atoms with E-state index in [1.807, 2.05) is 30.3 Å². The standard InChI is InChI=1S/C24H23NO6S/c26-23(27)20-10-8-19(9-11-20)17-25(16-4-7-18-5-2-1-3-6-18)32(30,31)22-14-12-21(13-15-22)24(28)29/h1-3,5-6,8-15H,4,7,16-17H2,(H,26,27)(H,28,29). The van der Waals surface area contributed by atoms with Crippen LogP contribution in [0.3, 0.4) is 0 Å². The summed E-state index contributed by atoms with van der Waals surface area (Å²) in [6.45, 7) is 0.316. The van der Waals surface area contributed by atoms with Crippen molar-refractivity contribution >= 4 is 22.0 Å². The Morgan fingerprint density at radius 3 is 1.78 bits per heavy atom. The monoisotopic (exact) mass is 453 g/mol. The average Bonchev–Trinajstić information content (AvgIpc) is 2.79.